The van der Waals surface area contributed by atoms with Gasteiger partial charge < -0.3 is 9.47 Å². The molecule has 0 radical (unpaired) electrons. The minimum absolute atomic E-state index is 0.0342. The second-order valence-corrected chi connectivity index (χ2v) is 12.3. The molecule has 2 bridgehead atoms. The number of nitrogens with zero attached hydrogens (tertiary/aromatic N) is 3. The monoisotopic (exact) mass is 477 g/mol. The molecule has 1 amide bonds. The van der Waals surface area contributed by atoms with E-state index in [1.165, 1.54) is 16.7 Å². The quantitative estimate of drug-likeness (QED) is 0.252. The molecule has 3 heterocycles. The first-order valence-electron chi connectivity index (χ1n) is 12.0. The zero-order valence-corrected chi connectivity index (χ0v) is 21.4. The standard InChI is InChI=1S/C30H28N3OP/c1-5-7-21-8-6-9-23-28(21)26-17-27(32(2)30(23)34)29-31-24-15-14-22(16-25(24)33(26)29)20-12-10-19(11-13-20)18-35(3)4/h6,8-16,26-27H,17-18H2,1-4H3. The van der Waals surface area contributed by atoms with E-state index in [0.717, 1.165) is 46.1 Å². The van der Waals surface area contributed by atoms with Crippen molar-refractivity contribution in [2.45, 2.75) is 31.6 Å². The molecule has 4 nitrogen and oxygen atoms in total. The minimum Gasteiger partial charge on any atom is -0.331 e. The molecule has 2 aliphatic rings. The van der Waals surface area contributed by atoms with Crippen LogP contribution in [0.2, 0.25) is 0 Å². The van der Waals surface area contributed by atoms with Crippen LogP contribution in [-0.4, -0.2) is 40.7 Å². The van der Waals surface area contributed by atoms with Crippen molar-refractivity contribution >= 4 is 24.9 Å². The molecule has 0 spiro atoms. The summed E-state index contributed by atoms with van der Waals surface area (Å²) in [6, 6.07) is 21.4. The SMILES string of the molecule is CC#Cc1cccc2c1C1CC(c3nc4ccc(-c5ccc(CP(C)C)cc5)cc4n31)N(C)C2=O. The summed E-state index contributed by atoms with van der Waals surface area (Å²) >= 11 is 0. The molecule has 2 atom stereocenters. The molecule has 174 valence electrons. The fourth-order valence-corrected chi connectivity index (χ4v) is 6.65. The van der Waals surface area contributed by atoms with Gasteiger partial charge in [-0.25, -0.2) is 4.98 Å². The van der Waals surface area contributed by atoms with E-state index in [9.17, 15) is 4.79 Å². The first-order valence-corrected chi connectivity index (χ1v) is 14.5. The molecule has 5 heteroatoms. The third-order valence-electron chi connectivity index (χ3n) is 7.28. The van der Waals surface area contributed by atoms with Crippen molar-refractivity contribution in [3.63, 3.8) is 0 Å². The fraction of sp³-hybridized carbons (Fsp3) is 0.267. The van der Waals surface area contributed by atoms with Gasteiger partial charge in [0.25, 0.3) is 5.91 Å². The van der Waals surface area contributed by atoms with Gasteiger partial charge in [-0.05, 0) is 67.4 Å². The van der Waals surface area contributed by atoms with Crippen molar-refractivity contribution in [1.82, 2.24) is 14.5 Å². The molecule has 0 N–H and O–H groups in total. The molecule has 0 saturated carbocycles. The number of amides is 1. The van der Waals surface area contributed by atoms with E-state index < -0.39 is 0 Å². The van der Waals surface area contributed by atoms with Crippen LogP contribution in [-0.2, 0) is 6.16 Å². The Morgan fingerprint density at radius 3 is 2.54 bits per heavy atom. The van der Waals surface area contributed by atoms with E-state index >= 15 is 0 Å². The van der Waals surface area contributed by atoms with Crippen molar-refractivity contribution in [1.29, 1.82) is 0 Å². The normalized spacial score (nSPS) is 18.3. The molecule has 4 aromatic rings. The third-order valence-corrected chi connectivity index (χ3v) is 8.27. The van der Waals surface area contributed by atoms with Gasteiger partial charge in [-0.2, -0.15) is 0 Å². The second kappa shape index (κ2) is 8.36. The summed E-state index contributed by atoms with van der Waals surface area (Å²) in [5.41, 5.74) is 8.61. The number of carbonyl (C=O) groups is 1. The molecule has 2 unspecified atom stereocenters. The molecule has 2 aliphatic heterocycles. The molecule has 6 rings (SSSR count). The Kier molecular flexibility index (Phi) is 5.28. The zero-order chi connectivity index (χ0) is 24.3. The van der Waals surface area contributed by atoms with E-state index in [1.54, 1.807) is 0 Å². The highest BCUT2D eigenvalue weighted by atomic mass is 31.1. The highest BCUT2D eigenvalue weighted by Gasteiger charge is 2.44. The lowest BCUT2D eigenvalue weighted by atomic mass is 9.93. The lowest BCUT2D eigenvalue weighted by Gasteiger charge is -2.24. The van der Waals surface area contributed by atoms with Gasteiger partial charge in [0.1, 0.15) is 5.82 Å². The van der Waals surface area contributed by atoms with Gasteiger partial charge in [-0.1, -0.05) is 42.3 Å². The first kappa shape index (κ1) is 22.1. The van der Waals surface area contributed by atoms with Crippen LogP contribution >= 0.6 is 7.92 Å². The van der Waals surface area contributed by atoms with E-state index in [4.69, 9.17) is 4.98 Å². The maximum Gasteiger partial charge on any atom is 0.254 e. The molecule has 35 heavy (non-hydrogen) atoms. The maximum atomic E-state index is 13.4. The number of carbonyl (C=O) groups excluding carboxylic acids is 1. The zero-order valence-electron chi connectivity index (χ0n) is 20.5. The summed E-state index contributed by atoms with van der Waals surface area (Å²) in [6.07, 6.45) is 1.98. The van der Waals surface area contributed by atoms with Gasteiger partial charge in [0, 0.05) is 30.2 Å². The third kappa shape index (κ3) is 3.49. The number of benzene rings is 3. The Balaban J connectivity index is 1.52. The average Bonchev–Trinajstić information content (AvgIpc) is 3.37. The summed E-state index contributed by atoms with van der Waals surface area (Å²) in [7, 11) is 1.95. The summed E-state index contributed by atoms with van der Waals surface area (Å²) in [6.45, 7) is 6.48. The molecule has 0 fully saturated rings. The number of fused-ring (bicyclic) bond motifs is 9. The average molecular weight is 478 g/mol. The number of aromatic nitrogens is 2. The Morgan fingerprint density at radius 1 is 1.03 bits per heavy atom. The maximum absolute atomic E-state index is 13.4. The number of rotatable bonds is 3. The van der Waals surface area contributed by atoms with Gasteiger partial charge in [0.15, 0.2) is 0 Å². The smallest absolute Gasteiger partial charge is 0.254 e. The van der Waals surface area contributed by atoms with Crippen LogP contribution in [0.25, 0.3) is 22.2 Å². The Labute approximate surface area is 207 Å². The molecular weight excluding hydrogens is 449 g/mol. The van der Waals surface area contributed by atoms with E-state index in [0.29, 0.717) is 0 Å². The topological polar surface area (TPSA) is 38.1 Å². The summed E-state index contributed by atoms with van der Waals surface area (Å²) in [5, 5.41) is 0. The van der Waals surface area contributed by atoms with Crippen LogP contribution in [0.3, 0.4) is 0 Å². The lowest BCUT2D eigenvalue weighted by Crippen LogP contribution is -2.30. The summed E-state index contributed by atoms with van der Waals surface area (Å²) < 4.78 is 2.36. The molecular formula is C30H28N3OP. The Morgan fingerprint density at radius 2 is 1.80 bits per heavy atom. The predicted molar refractivity (Wildman–Crippen MR) is 144 cm³/mol. The summed E-state index contributed by atoms with van der Waals surface area (Å²) in [5.74, 6) is 7.32. The number of hydrogen-bond acceptors (Lipinski definition) is 2. The molecule has 0 aliphatic carbocycles. The van der Waals surface area contributed by atoms with Crippen molar-refractivity contribution in [2.75, 3.05) is 20.4 Å². The van der Waals surface area contributed by atoms with Crippen LogP contribution in [0.1, 0.15) is 58.3 Å². The van der Waals surface area contributed by atoms with Crippen LogP contribution in [0, 0.1) is 11.8 Å². The van der Waals surface area contributed by atoms with Crippen LogP contribution in [0.15, 0.2) is 60.7 Å². The van der Waals surface area contributed by atoms with Crippen molar-refractivity contribution in [3.05, 3.63) is 88.7 Å². The Hall–Kier alpha value is -3.41. The first-order chi connectivity index (χ1) is 17.0. The predicted octanol–water partition coefficient (Wildman–Crippen LogP) is 6.44. The van der Waals surface area contributed by atoms with E-state index in [1.807, 2.05) is 37.1 Å². The molecule has 1 aromatic heterocycles. The number of imidazole rings is 1. The summed E-state index contributed by atoms with van der Waals surface area (Å²) in [4.78, 5) is 20.3. The molecule has 0 saturated heterocycles. The van der Waals surface area contributed by atoms with Gasteiger partial charge in [-0.3, -0.25) is 4.79 Å². The van der Waals surface area contributed by atoms with Gasteiger partial charge in [0.2, 0.25) is 0 Å². The highest BCUT2D eigenvalue weighted by molar-refractivity contribution is 7.55. The van der Waals surface area contributed by atoms with E-state index in [-0.39, 0.29) is 25.9 Å². The van der Waals surface area contributed by atoms with Crippen molar-refractivity contribution in [3.8, 4) is 23.0 Å². The minimum atomic E-state index is -0.0459. The highest BCUT2D eigenvalue weighted by Crippen LogP contribution is 2.48. The largest absolute Gasteiger partial charge is 0.331 e. The molecule has 3 aromatic carbocycles. The second-order valence-electron chi connectivity index (χ2n) is 9.80. The van der Waals surface area contributed by atoms with Crippen LogP contribution in [0.4, 0.5) is 0 Å². The lowest BCUT2D eigenvalue weighted by molar-refractivity contribution is 0.0734. The van der Waals surface area contributed by atoms with Gasteiger partial charge in [-0.15, -0.1) is 13.8 Å². The van der Waals surface area contributed by atoms with Gasteiger partial charge >= 0.3 is 0 Å². The van der Waals surface area contributed by atoms with Crippen molar-refractivity contribution in [2.24, 2.45) is 0 Å². The van der Waals surface area contributed by atoms with E-state index in [2.05, 4.69) is 72.2 Å². The number of hydrogen-bond donors (Lipinski definition) is 0. The van der Waals surface area contributed by atoms with Crippen LogP contribution < -0.4 is 0 Å². The Bertz CT molecular complexity index is 1540. The van der Waals surface area contributed by atoms with Gasteiger partial charge in [0.05, 0.1) is 23.1 Å². The fourth-order valence-electron chi connectivity index (χ4n) is 5.71. The van der Waals surface area contributed by atoms with Crippen LogP contribution in [0.5, 0.6) is 0 Å². The van der Waals surface area contributed by atoms with Crippen molar-refractivity contribution < 1.29 is 4.79 Å².